The lowest BCUT2D eigenvalue weighted by atomic mass is 9.95. The number of nitrogens with two attached hydrogens (primary N) is 1. The van der Waals surface area contributed by atoms with E-state index in [0.717, 1.165) is 11.3 Å². The number of fused-ring (bicyclic) bond motifs is 1. The number of piperidine rings is 1. The van der Waals surface area contributed by atoms with Crippen LogP contribution in [0.3, 0.4) is 0 Å². The third-order valence-electron chi connectivity index (χ3n) is 5.42. The number of primary amides is 1. The topological polar surface area (TPSA) is 112 Å². The van der Waals surface area contributed by atoms with Gasteiger partial charge in [0.05, 0.1) is 29.4 Å². The summed E-state index contributed by atoms with van der Waals surface area (Å²) in [5.41, 5.74) is 8.30. The van der Waals surface area contributed by atoms with E-state index in [2.05, 4.69) is 10.1 Å². The largest absolute Gasteiger partial charge is 0.497 e. The number of hydrogen-bond acceptors (Lipinski definition) is 6. The molecule has 1 aliphatic heterocycles. The highest BCUT2D eigenvalue weighted by Gasteiger charge is 2.29. The molecule has 2 N–H and O–H groups in total. The molecule has 3 heterocycles. The lowest BCUT2D eigenvalue weighted by Gasteiger charge is -2.30. The second-order valence-electron chi connectivity index (χ2n) is 7.20. The molecular formula is C21H22N4O4. The molecule has 150 valence electrons. The molecule has 1 aromatic carbocycles. The van der Waals surface area contributed by atoms with E-state index in [1.54, 1.807) is 25.0 Å². The van der Waals surface area contributed by atoms with Gasteiger partial charge in [0.2, 0.25) is 5.91 Å². The van der Waals surface area contributed by atoms with Crippen LogP contribution in [-0.4, -0.2) is 47.1 Å². The van der Waals surface area contributed by atoms with E-state index in [0.29, 0.717) is 54.0 Å². The minimum absolute atomic E-state index is 0.124. The smallest absolute Gasteiger partial charge is 0.259 e. The standard InChI is InChI=1S/C21H22N4O4/c1-12-18-16(21(27)25-9-7-14(8-10-25)19(22)26)11-17(23-20(18)29-24-12)13-3-5-15(28-2)6-4-13/h3-6,11,14H,7-10H2,1-2H3,(H2,22,26). The van der Waals surface area contributed by atoms with E-state index in [4.69, 9.17) is 15.0 Å². The van der Waals surface area contributed by atoms with Crippen LogP contribution in [0.2, 0.25) is 0 Å². The molecule has 2 amide bonds. The minimum Gasteiger partial charge on any atom is -0.497 e. The Morgan fingerprint density at radius 1 is 1.21 bits per heavy atom. The Kier molecular flexibility index (Phi) is 4.92. The van der Waals surface area contributed by atoms with Crippen molar-refractivity contribution in [1.82, 2.24) is 15.0 Å². The Hall–Kier alpha value is -3.42. The fraction of sp³-hybridized carbons (Fsp3) is 0.333. The number of carbonyl (C=O) groups is 2. The number of ether oxygens (including phenoxy) is 1. The molecular weight excluding hydrogens is 372 g/mol. The summed E-state index contributed by atoms with van der Waals surface area (Å²) in [5, 5.41) is 4.61. The molecule has 1 saturated heterocycles. The summed E-state index contributed by atoms with van der Waals surface area (Å²) < 4.78 is 10.6. The molecule has 8 heteroatoms. The molecule has 0 unspecified atom stereocenters. The highest BCUT2D eigenvalue weighted by molar-refractivity contribution is 6.07. The summed E-state index contributed by atoms with van der Waals surface area (Å²) in [6, 6.07) is 9.20. The zero-order valence-corrected chi connectivity index (χ0v) is 16.3. The van der Waals surface area contributed by atoms with Crippen LogP contribution < -0.4 is 10.5 Å². The van der Waals surface area contributed by atoms with Gasteiger partial charge in [-0.15, -0.1) is 0 Å². The van der Waals surface area contributed by atoms with Crippen LogP contribution >= 0.6 is 0 Å². The highest BCUT2D eigenvalue weighted by Crippen LogP contribution is 2.30. The average Bonchev–Trinajstić information content (AvgIpc) is 3.13. The van der Waals surface area contributed by atoms with Crippen LogP contribution in [0.1, 0.15) is 28.9 Å². The van der Waals surface area contributed by atoms with Crippen LogP contribution in [0, 0.1) is 12.8 Å². The van der Waals surface area contributed by atoms with Gasteiger partial charge < -0.3 is 19.9 Å². The fourth-order valence-corrected chi connectivity index (χ4v) is 3.71. The number of carbonyl (C=O) groups excluding carboxylic acids is 2. The highest BCUT2D eigenvalue weighted by atomic mass is 16.5. The fourth-order valence-electron chi connectivity index (χ4n) is 3.71. The Labute approximate surface area is 167 Å². The zero-order chi connectivity index (χ0) is 20.5. The molecule has 3 aromatic rings. The number of nitrogens with zero attached hydrogens (tertiary/aromatic N) is 3. The Bertz CT molecular complexity index is 1070. The number of pyridine rings is 1. The van der Waals surface area contributed by atoms with Gasteiger partial charge in [0, 0.05) is 24.6 Å². The molecule has 4 rings (SSSR count). The van der Waals surface area contributed by atoms with Gasteiger partial charge >= 0.3 is 0 Å². The van der Waals surface area contributed by atoms with Crippen molar-refractivity contribution in [2.45, 2.75) is 19.8 Å². The lowest BCUT2D eigenvalue weighted by molar-refractivity contribution is -0.123. The first-order chi connectivity index (χ1) is 14.0. The maximum atomic E-state index is 13.3. The second kappa shape index (κ2) is 7.54. The summed E-state index contributed by atoms with van der Waals surface area (Å²) in [6.45, 7) is 2.76. The monoisotopic (exact) mass is 394 g/mol. The zero-order valence-electron chi connectivity index (χ0n) is 16.3. The van der Waals surface area contributed by atoms with Crippen molar-refractivity contribution in [3.8, 4) is 17.0 Å². The summed E-state index contributed by atoms with van der Waals surface area (Å²) in [4.78, 5) is 31.0. The number of aromatic nitrogens is 2. The summed E-state index contributed by atoms with van der Waals surface area (Å²) in [6.07, 6.45) is 1.15. The van der Waals surface area contributed by atoms with Crippen molar-refractivity contribution in [3.05, 3.63) is 41.6 Å². The normalized spacial score (nSPS) is 14.9. The van der Waals surface area contributed by atoms with Crippen LogP contribution in [0.25, 0.3) is 22.4 Å². The molecule has 0 spiro atoms. The maximum absolute atomic E-state index is 13.3. The van der Waals surface area contributed by atoms with Crippen LogP contribution in [0.15, 0.2) is 34.9 Å². The maximum Gasteiger partial charge on any atom is 0.259 e. The first kappa shape index (κ1) is 18.9. The molecule has 0 atom stereocenters. The van der Waals surface area contributed by atoms with Gasteiger partial charge in [-0.2, -0.15) is 0 Å². The van der Waals surface area contributed by atoms with Gasteiger partial charge in [-0.1, -0.05) is 5.16 Å². The van der Waals surface area contributed by atoms with E-state index in [1.165, 1.54) is 0 Å². The van der Waals surface area contributed by atoms with E-state index >= 15 is 0 Å². The first-order valence-corrected chi connectivity index (χ1v) is 9.48. The van der Waals surface area contributed by atoms with Crippen LogP contribution in [0.4, 0.5) is 0 Å². The first-order valence-electron chi connectivity index (χ1n) is 9.48. The van der Waals surface area contributed by atoms with Crippen molar-refractivity contribution in [2.24, 2.45) is 11.7 Å². The van der Waals surface area contributed by atoms with Gasteiger partial charge in [-0.25, -0.2) is 4.98 Å². The van der Waals surface area contributed by atoms with Gasteiger partial charge in [0.25, 0.3) is 11.6 Å². The Morgan fingerprint density at radius 2 is 1.90 bits per heavy atom. The van der Waals surface area contributed by atoms with Gasteiger partial charge in [0.1, 0.15) is 5.75 Å². The molecule has 0 aliphatic carbocycles. The average molecular weight is 394 g/mol. The Morgan fingerprint density at radius 3 is 2.52 bits per heavy atom. The van der Waals surface area contributed by atoms with E-state index in [9.17, 15) is 9.59 Å². The predicted octanol–water partition coefficient (Wildman–Crippen LogP) is 2.54. The van der Waals surface area contributed by atoms with Crippen molar-refractivity contribution < 1.29 is 18.8 Å². The van der Waals surface area contributed by atoms with Gasteiger partial charge in [-0.05, 0) is 50.1 Å². The summed E-state index contributed by atoms with van der Waals surface area (Å²) in [5.74, 6) is 0.129. The minimum atomic E-state index is -0.305. The molecule has 0 radical (unpaired) electrons. The van der Waals surface area contributed by atoms with Gasteiger partial charge in [-0.3, -0.25) is 9.59 Å². The molecule has 0 bridgehead atoms. The number of hydrogen-bond donors (Lipinski definition) is 1. The van der Waals surface area contributed by atoms with Crippen molar-refractivity contribution in [2.75, 3.05) is 20.2 Å². The number of rotatable bonds is 4. The molecule has 2 aromatic heterocycles. The van der Waals surface area contributed by atoms with Crippen LogP contribution in [-0.2, 0) is 4.79 Å². The Balaban J connectivity index is 1.71. The van der Waals surface area contributed by atoms with Crippen molar-refractivity contribution >= 4 is 22.9 Å². The number of amides is 2. The summed E-state index contributed by atoms with van der Waals surface area (Å²) in [7, 11) is 1.61. The number of benzene rings is 1. The number of methoxy groups -OCH3 is 1. The van der Waals surface area contributed by atoms with E-state index in [1.807, 2.05) is 24.3 Å². The SMILES string of the molecule is COc1ccc(-c2cc(C(=O)N3CCC(C(N)=O)CC3)c3c(C)noc3n2)cc1. The summed E-state index contributed by atoms with van der Waals surface area (Å²) >= 11 is 0. The molecule has 0 saturated carbocycles. The van der Waals surface area contributed by atoms with Crippen molar-refractivity contribution in [3.63, 3.8) is 0 Å². The van der Waals surface area contributed by atoms with Crippen molar-refractivity contribution in [1.29, 1.82) is 0 Å². The molecule has 8 nitrogen and oxygen atoms in total. The lowest BCUT2D eigenvalue weighted by Crippen LogP contribution is -2.41. The number of likely N-dealkylation sites (tertiary alicyclic amines) is 1. The second-order valence-corrected chi connectivity index (χ2v) is 7.20. The van der Waals surface area contributed by atoms with E-state index < -0.39 is 0 Å². The quantitative estimate of drug-likeness (QED) is 0.728. The number of aryl methyl sites for hydroxylation is 1. The van der Waals surface area contributed by atoms with Gasteiger partial charge in [0.15, 0.2) is 0 Å². The third-order valence-corrected chi connectivity index (χ3v) is 5.42. The van der Waals surface area contributed by atoms with Crippen LogP contribution in [0.5, 0.6) is 5.75 Å². The predicted molar refractivity (Wildman–Crippen MR) is 106 cm³/mol. The van der Waals surface area contributed by atoms with E-state index in [-0.39, 0.29) is 17.7 Å². The molecule has 29 heavy (non-hydrogen) atoms. The molecule has 1 fully saturated rings. The third kappa shape index (κ3) is 3.53. The molecule has 1 aliphatic rings.